The van der Waals surface area contributed by atoms with Crippen molar-refractivity contribution in [3.05, 3.63) is 0 Å². The minimum Gasteiger partial charge on any atom is -0.346 e. The fourth-order valence-corrected chi connectivity index (χ4v) is 0.247. The molecule has 0 saturated carbocycles. The van der Waals surface area contributed by atoms with Crippen molar-refractivity contribution < 1.29 is 17.9 Å². The summed E-state index contributed by atoms with van der Waals surface area (Å²) in [7, 11) is 0.842. The molecule has 5 heteroatoms. The van der Waals surface area contributed by atoms with Gasteiger partial charge >= 0.3 is 5.25 Å². The number of hydrogen-bond acceptors (Lipinski definition) is 2. The number of methoxy groups -OCH3 is 1. The van der Waals surface area contributed by atoms with Gasteiger partial charge in [-0.25, -0.2) is 4.39 Å². The number of hydrogen-bond donors (Lipinski definition) is 1. The van der Waals surface area contributed by atoms with Crippen LogP contribution in [0.1, 0.15) is 0 Å². The van der Waals surface area contributed by atoms with Crippen LogP contribution in [0, 0.1) is 0 Å². The van der Waals surface area contributed by atoms with E-state index >= 15 is 0 Å². The molecule has 0 bridgehead atoms. The maximum atomic E-state index is 11.6. The van der Waals surface area contributed by atoms with E-state index in [1.165, 1.54) is 0 Å². The van der Waals surface area contributed by atoms with Crippen molar-refractivity contribution in [2.75, 3.05) is 7.11 Å². The molecule has 1 nitrogen and oxygen atoms in total. The molecule has 0 fully saturated rings. The summed E-state index contributed by atoms with van der Waals surface area (Å²) in [5.41, 5.74) is 0. The molecular weight excluding hydrogens is 141 g/mol. The molecule has 1 unspecified atom stereocenters. The molecule has 50 valence electrons. The van der Waals surface area contributed by atoms with Gasteiger partial charge in [0, 0.05) is 7.11 Å². The summed E-state index contributed by atoms with van der Waals surface area (Å²) in [5, 5.41) is -3.69. The average Bonchev–Trinajstić information content (AvgIpc) is 1.62. The van der Waals surface area contributed by atoms with Crippen LogP contribution in [0.5, 0.6) is 0 Å². The molecule has 0 aliphatic heterocycles. The van der Waals surface area contributed by atoms with Crippen LogP contribution in [0.2, 0.25) is 0 Å². The van der Waals surface area contributed by atoms with E-state index < -0.39 is 11.6 Å². The van der Waals surface area contributed by atoms with Crippen LogP contribution in [0.25, 0.3) is 0 Å². The molecule has 0 aliphatic carbocycles. The molecule has 0 aromatic carbocycles. The summed E-state index contributed by atoms with van der Waals surface area (Å²) in [6, 6.07) is 0. The van der Waals surface area contributed by atoms with Crippen LogP contribution in [0.3, 0.4) is 0 Å². The van der Waals surface area contributed by atoms with Gasteiger partial charge in [0.15, 0.2) is 0 Å². The van der Waals surface area contributed by atoms with Gasteiger partial charge in [-0.05, 0) is 0 Å². The Kier molecular flexibility index (Phi) is 2.62. The van der Waals surface area contributed by atoms with Gasteiger partial charge in [0.25, 0.3) is 6.36 Å². The molecule has 0 aromatic rings. The molecule has 0 N–H and O–H groups in total. The van der Waals surface area contributed by atoms with Crippen LogP contribution in [0.15, 0.2) is 0 Å². The summed E-state index contributed by atoms with van der Waals surface area (Å²) >= 11 is 2.60. The Morgan fingerprint density at radius 3 is 2.00 bits per heavy atom. The van der Waals surface area contributed by atoms with Gasteiger partial charge in [0.05, 0.1) is 0 Å². The highest BCUT2D eigenvalue weighted by Gasteiger charge is 2.35. The maximum Gasteiger partial charge on any atom is 0.345 e. The third-order valence-corrected chi connectivity index (χ3v) is 0.683. The monoisotopic (exact) mass is 146 g/mol. The van der Waals surface area contributed by atoms with Gasteiger partial charge in [-0.3, -0.25) is 0 Å². The Hall–Kier alpha value is 0.100. The highest BCUT2D eigenvalue weighted by Crippen LogP contribution is 2.25. The topological polar surface area (TPSA) is 9.23 Å². The average molecular weight is 146 g/mol. The highest BCUT2D eigenvalue weighted by atomic mass is 32.1. The minimum absolute atomic E-state index is 0.842. The second-order valence-corrected chi connectivity index (χ2v) is 1.74. The van der Waals surface area contributed by atoms with E-state index in [1.807, 2.05) is 0 Å². The normalized spacial score (nSPS) is 16.1. The largest absolute Gasteiger partial charge is 0.346 e. The van der Waals surface area contributed by atoms with Crippen LogP contribution < -0.4 is 0 Å². The molecule has 0 amide bonds. The van der Waals surface area contributed by atoms with Crippen molar-refractivity contribution in [2.24, 2.45) is 0 Å². The van der Waals surface area contributed by atoms with E-state index in [0.717, 1.165) is 7.11 Å². The number of ether oxygens (including phenoxy) is 1. The predicted octanol–water partition coefficient (Wildman–Crippen LogP) is 1.45. The lowest BCUT2D eigenvalue weighted by Crippen LogP contribution is -2.24. The van der Waals surface area contributed by atoms with E-state index in [-0.39, 0.29) is 0 Å². The lowest BCUT2D eigenvalue weighted by atomic mass is 10.7. The zero-order chi connectivity index (χ0) is 6.78. The van der Waals surface area contributed by atoms with Crippen molar-refractivity contribution in [2.45, 2.75) is 11.6 Å². The second kappa shape index (κ2) is 2.59. The summed E-state index contributed by atoms with van der Waals surface area (Å²) in [6.07, 6.45) is -2.62. The number of alkyl halides is 3. The Bertz CT molecular complexity index is 71.4. The first-order valence-corrected chi connectivity index (χ1v) is 2.20. The van der Waals surface area contributed by atoms with Crippen molar-refractivity contribution in [3.63, 3.8) is 0 Å². The smallest absolute Gasteiger partial charge is 0.345 e. The minimum atomic E-state index is -3.69. The fraction of sp³-hybridized carbons (Fsp3) is 1.00. The van der Waals surface area contributed by atoms with Gasteiger partial charge in [0.1, 0.15) is 0 Å². The predicted molar refractivity (Wildman–Crippen MR) is 25.8 cm³/mol. The molecule has 0 rings (SSSR count). The molecule has 0 spiro atoms. The van der Waals surface area contributed by atoms with Crippen LogP contribution in [0.4, 0.5) is 13.2 Å². The summed E-state index contributed by atoms with van der Waals surface area (Å²) in [5.74, 6) is 0. The molecule has 0 aromatic heterocycles. The number of thiol groups is 1. The Balaban J connectivity index is 3.62. The summed E-state index contributed by atoms with van der Waals surface area (Å²) in [4.78, 5) is 0. The van der Waals surface area contributed by atoms with Gasteiger partial charge < -0.3 is 4.74 Å². The van der Waals surface area contributed by atoms with Crippen molar-refractivity contribution in [1.29, 1.82) is 0 Å². The first kappa shape index (κ1) is 8.10. The van der Waals surface area contributed by atoms with Crippen molar-refractivity contribution >= 4 is 12.6 Å². The molecule has 0 aliphatic rings. The van der Waals surface area contributed by atoms with Gasteiger partial charge in [0.2, 0.25) is 0 Å². The van der Waals surface area contributed by atoms with E-state index in [1.54, 1.807) is 0 Å². The van der Waals surface area contributed by atoms with E-state index in [2.05, 4.69) is 17.4 Å². The Morgan fingerprint density at radius 2 is 2.00 bits per heavy atom. The zero-order valence-corrected chi connectivity index (χ0v) is 4.96. The SMILES string of the molecule is COC(F)C(F)(F)S. The lowest BCUT2D eigenvalue weighted by Gasteiger charge is -2.11. The number of halogens is 3. The zero-order valence-electron chi connectivity index (χ0n) is 4.07. The number of rotatable bonds is 2. The van der Waals surface area contributed by atoms with Crippen LogP contribution >= 0.6 is 12.6 Å². The molecule has 0 heterocycles. The fourth-order valence-electron chi connectivity index (χ4n) is 0.142. The Labute approximate surface area is 50.2 Å². The van der Waals surface area contributed by atoms with Gasteiger partial charge in [-0.1, -0.05) is 12.6 Å². The highest BCUT2D eigenvalue weighted by molar-refractivity contribution is 7.81. The van der Waals surface area contributed by atoms with Crippen LogP contribution in [-0.4, -0.2) is 18.7 Å². The molecular formula is C3H5F3OS. The van der Waals surface area contributed by atoms with E-state index in [4.69, 9.17) is 0 Å². The first-order chi connectivity index (χ1) is 3.48. The molecule has 8 heavy (non-hydrogen) atoms. The standard InChI is InChI=1S/C3H5F3OS/c1-7-2(4)3(5,6)8/h2,8H,1H3. The van der Waals surface area contributed by atoms with Crippen molar-refractivity contribution in [1.82, 2.24) is 0 Å². The van der Waals surface area contributed by atoms with Gasteiger partial charge in [-0.15, -0.1) is 0 Å². The Morgan fingerprint density at radius 1 is 1.62 bits per heavy atom. The van der Waals surface area contributed by atoms with Crippen LogP contribution in [-0.2, 0) is 4.74 Å². The van der Waals surface area contributed by atoms with Gasteiger partial charge in [-0.2, -0.15) is 8.78 Å². The van der Waals surface area contributed by atoms with Crippen molar-refractivity contribution in [3.8, 4) is 0 Å². The summed E-state index contributed by atoms with van der Waals surface area (Å²) < 4.78 is 38.2. The van der Waals surface area contributed by atoms with E-state index in [9.17, 15) is 13.2 Å². The molecule has 0 radical (unpaired) electrons. The lowest BCUT2D eigenvalue weighted by molar-refractivity contribution is -0.128. The third-order valence-electron chi connectivity index (χ3n) is 0.480. The molecule has 1 atom stereocenters. The summed E-state index contributed by atoms with van der Waals surface area (Å²) in [6.45, 7) is 0. The van der Waals surface area contributed by atoms with E-state index in [0.29, 0.717) is 0 Å². The molecule has 0 saturated heterocycles. The second-order valence-electron chi connectivity index (χ2n) is 1.14. The quantitative estimate of drug-likeness (QED) is 0.580. The third kappa shape index (κ3) is 2.42. The first-order valence-electron chi connectivity index (χ1n) is 1.75. The maximum absolute atomic E-state index is 11.6.